The Bertz CT molecular complexity index is 1640. The largest absolute Gasteiger partial charge is 0.508 e. The molecule has 0 fully saturated rings. The van der Waals surface area contributed by atoms with E-state index in [1.807, 2.05) is 13.0 Å². The van der Waals surface area contributed by atoms with Crippen molar-refractivity contribution in [2.45, 2.75) is 23.5 Å². The van der Waals surface area contributed by atoms with Crippen molar-refractivity contribution in [1.29, 1.82) is 0 Å². The first kappa shape index (κ1) is 31.2. The number of nitrogens with one attached hydrogen (secondary N) is 3. The summed E-state index contributed by atoms with van der Waals surface area (Å²) in [5, 5.41) is 18.4. The molecule has 0 aliphatic carbocycles. The number of amides is 3. The highest BCUT2D eigenvalue weighted by Gasteiger charge is 2.20. The molecule has 4 N–H and O–H groups in total. The number of carbonyl (C=O) groups is 3. The zero-order valence-electron chi connectivity index (χ0n) is 23.5. The monoisotopic (exact) mass is 615 g/mol. The molecule has 220 valence electrons. The normalized spacial score (nSPS) is 11.7. The number of anilines is 2. The van der Waals surface area contributed by atoms with Crippen molar-refractivity contribution < 1.29 is 24.2 Å². The van der Waals surface area contributed by atoms with Crippen LogP contribution in [0.4, 0.5) is 11.4 Å². The van der Waals surface area contributed by atoms with Crippen LogP contribution < -0.4 is 20.7 Å². The predicted molar refractivity (Wildman–Crippen MR) is 172 cm³/mol. The van der Waals surface area contributed by atoms with E-state index in [0.717, 1.165) is 4.90 Å². The predicted octanol–water partition coefficient (Wildman–Crippen LogP) is 6.97. The second-order valence-electron chi connectivity index (χ2n) is 9.30. The highest BCUT2D eigenvalue weighted by atomic mass is 35.5. The maximum absolute atomic E-state index is 13.5. The van der Waals surface area contributed by atoms with Crippen LogP contribution in [0.15, 0.2) is 108 Å². The second-order valence-corrected chi connectivity index (χ2v) is 11.0. The Balaban J connectivity index is 1.54. The Hall–Kier alpha value is -4.73. The van der Waals surface area contributed by atoms with E-state index in [4.69, 9.17) is 16.3 Å². The average molecular weight is 616 g/mol. The average Bonchev–Trinajstić information content (AvgIpc) is 3.00. The highest BCUT2D eigenvalue weighted by molar-refractivity contribution is 8.00. The van der Waals surface area contributed by atoms with Crippen molar-refractivity contribution in [3.8, 4) is 11.5 Å². The zero-order chi connectivity index (χ0) is 30.8. The van der Waals surface area contributed by atoms with Gasteiger partial charge in [0.2, 0.25) is 5.91 Å². The minimum absolute atomic E-state index is 0.00531. The first-order valence-corrected chi connectivity index (χ1v) is 14.6. The van der Waals surface area contributed by atoms with Crippen LogP contribution in [0.1, 0.15) is 29.3 Å². The second kappa shape index (κ2) is 14.9. The van der Waals surface area contributed by atoms with E-state index in [9.17, 15) is 19.5 Å². The lowest BCUT2D eigenvalue weighted by molar-refractivity contribution is -0.116. The number of ether oxygens (including phenoxy) is 1. The minimum Gasteiger partial charge on any atom is -0.508 e. The molecule has 10 heteroatoms. The number of methoxy groups -OCH3 is 1. The molecule has 4 aromatic carbocycles. The summed E-state index contributed by atoms with van der Waals surface area (Å²) in [6.07, 6.45) is 2.04. The quantitative estimate of drug-likeness (QED) is 0.107. The topological polar surface area (TPSA) is 117 Å². The number of rotatable bonds is 11. The fraction of sp³-hybridized carbons (Fsp3) is 0.121. The molecule has 0 radical (unpaired) electrons. The van der Waals surface area contributed by atoms with Crippen LogP contribution in [0.25, 0.3) is 6.08 Å². The van der Waals surface area contributed by atoms with E-state index in [0.29, 0.717) is 39.7 Å². The molecule has 0 aliphatic heterocycles. The molecule has 1 unspecified atom stereocenters. The van der Waals surface area contributed by atoms with Crippen molar-refractivity contribution in [2.24, 2.45) is 0 Å². The summed E-state index contributed by atoms with van der Waals surface area (Å²) in [4.78, 5) is 40.2. The van der Waals surface area contributed by atoms with Gasteiger partial charge in [-0.15, -0.1) is 11.8 Å². The standard InChI is InChI=1S/C33H30ClN3O5S/c1-3-30(33(41)36-24-12-7-11-23(34)18-24)43-27-14-8-13-25(19-27)35-32(40)28(37-31(39)21-9-5-4-6-10-21)17-22-15-16-26(38)20-29(22)42-2/h4-20,30,38H,3H2,1-2H3,(H,35,40)(H,36,41)(H,37,39)/b28-17+. The number of hydrogen-bond donors (Lipinski definition) is 4. The summed E-state index contributed by atoms with van der Waals surface area (Å²) >= 11 is 7.41. The smallest absolute Gasteiger partial charge is 0.272 e. The Morgan fingerprint density at radius 3 is 2.33 bits per heavy atom. The summed E-state index contributed by atoms with van der Waals surface area (Å²) in [6.45, 7) is 1.92. The molecule has 8 nitrogen and oxygen atoms in total. The van der Waals surface area contributed by atoms with Gasteiger partial charge in [0, 0.05) is 38.5 Å². The van der Waals surface area contributed by atoms with E-state index in [1.54, 1.807) is 78.9 Å². The first-order chi connectivity index (χ1) is 20.7. The van der Waals surface area contributed by atoms with E-state index >= 15 is 0 Å². The molecule has 0 aliphatic rings. The lowest BCUT2D eigenvalue weighted by atomic mass is 10.1. The van der Waals surface area contributed by atoms with E-state index in [1.165, 1.54) is 37.1 Å². The van der Waals surface area contributed by atoms with Crippen LogP contribution in [0.5, 0.6) is 11.5 Å². The van der Waals surface area contributed by atoms with Gasteiger partial charge in [0.1, 0.15) is 17.2 Å². The van der Waals surface area contributed by atoms with Crippen molar-refractivity contribution in [2.75, 3.05) is 17.7 Å². The van der Waals surface area contributed by atoms with Crippen LogP contribution in [0.2, 0.25) is 5.02 Å². The fourth-order valence-electron chi connectivity index (χ4n) is 4.04. The van der Waals surface area contributed by atoms with Gasteiger partial charge >= 0.3 is 0 Å². The number of carbonyl (C=O) groups excluding carboxylic acids is 3. The summed E-state index contributed by atoms with van der Waals surface area (Å²) < 4.78 is 5.35. The van der Waals surface area contributed by atoms with Gasteiger partial charge in [0.25, 0.3) is 11.8 Å². The van der Waals surface area contributed by atoms with Gasteiger partial charge in [-0.05, 0) is 73.2 Å². The molecule has 43 heavy (non-hydrogen) atoms. The fourth-order valence-corrected chi connectivity index (χ4v) is 5.24. The summed E-state index contributed by atoms with van der Waals surface area (Å²) in [6, 6.07) is 27.0. The van der Waals surface area contributed by atoms with Crippen LogP contribution >= 0.6 is 23.4 Å². The molecule has 4 aromatic rings. The third-order valence-corrected chi connectivity index (χ3v) is 7.76. The zero-order valence-corrected chi connectivity index (χ0v) is 25.0. The Morgan fingerprint density at radius 2 is 1.63 bits per heavy atom. The van der Waals surface area contributed by atoms with Crippen LogP contribution in [0.3, 0.4) is 0 Å². The van der Waals surface area contributed by atoms with E-state index < -0.39 is 17.1 Å². The number of phenols is 1. The number of aromatic hydroxyl groups is 1. The Labute approximate surface area is 259 Å². The van der Waals surface area contributed by atoms with Crippen molar-refractivity contribution >= 4 is 58.5 Å². The SMILES string of the molecule is CCC(Sc1cccc(NC(=O)/C(=C\c2ccc(O)cc2OC)NC(=O)c2ccccc2)c1)C(=O)Nc1cccc(Cl)c1. The minimum atomic E-state index is -0.577. The van der Waals surface area contributed by atoms with Gasteiger partial charge in [-0.1, -0.05) is 48.9 Å². The third-order valence-electron chi connectivity index (χ3n) is 6.17. The number of phenolic OH excluding ortho intramolecular Hbond substituents is 1. The van der Waals surface area contributed by atoms with Crippen molar-refractivity contribution in [3.63, 3.8) is 0 Å². The third kappa shape index (κ3) is 8.88. The summed E-state index contributed by atoms with van der Waals surface area (Å²) in [7, 11) is 1.44. The molecule has 1 atom stereocenters. The van der Waals surface area contributed by atoms with Gasteiger partial charge in [-0.3, -0.25) is 14.4 Å². The van der Waals surface area contributed by atoms with Crippen LogP contribution in [-0.2, 0) is 9.59 Å². The molecular formula is C33H30ClN3O5S. The van der Waals surface area contributed by atoms with Crippen molar-refractivity contribution in [1.82, 2.24) is 5.32 Å². The maximum Gasteiger partial charge on any atom is 0.272 e. The number of halogens is 1. The lowest BCUT2D eigenvalue weighted by Crippen LogP contribution is -2.30. The Morgan fingerprint density at radius 1 is 0.907 bits per heavy atom. The van der Waals surface area contributed by atoms with Gasteiger partial charge in [-0.2, -0.15) is 0 Å². The number of benzene rings is 4. The van der Waals surface area contributed by atoms with E-state index in [2.05, 4.69) is 16.0 Å². The number of hydrogen-bond acceptors (Lipinski definition) is 6. The van der Waals surface area contributed by atoms with Crippen LogP contribution in [0, 0.1) is 0 Å². The van der Waals surface area contributed by atoms with Gasteiger partial charge < -0.3 is 25.8 Å². The maximum atomic E-state index is 13.5. The molecule has 0 saturated carbocycles. The molecule has 4 rings (SSSR count). The first-order valence-electron chi connectivity index (χ1n) is 13.3. The van der Waals surface area contributed by atoms with E-state index in [-0.39, 0.29) is 17.4 Å². The summed E-state index contributed by atoms with van der Waals surface area (Å²) in [5.41, 5.74) is 1.89. The molecule has 0 spiro atoms. The number of thioether (sulfide) groups is 1. The molecule has 0 aromatic heterocycles. The van der Waals surface area contributed by atoms with Gasteiger partial charge in [0.15, 0.2) is 0 Å². The molecule has 3 amide bonds. The van der Waals surface area contributed by atoms with Gasteiger partial charge in [-0.25, -0.2) is 0 Å². The molecule has 0 heterocycles. The molecule has 0 bridgehead atoms. The molecule has 0 saturated heterocycles. The Kier molecular flexibility index (Phi) is 10.9. The molecular weight excluding hydrogens is 586 g/mol. The highest BCUT2D eigenvalue weighted by Crippen LogP contribution is 2.30. The van der Waals surface area contributed by atoms with Crippen molar-refractivity contribution in [3.05, 3.63) is 119 Å². The summed E-state index contributed by atoms with van der Waals surface area (Å²) in [5.74, 6) is -0.901. The van der Waals surface area contributed by atoms with Crippen LogP contribution in [-0.4, -0.2) is 35.2 Å². The van der Waals surface area contributed by atoms with Gasteiger partial charge in [0.05, 0.1) is 12.4 Å². The lowest BCUT2D eigenvalue weighted by Gasteiger charge is -2.16.